The number of rotatable bonds is 13. The second kappa shape index (κ2) is 29.0. The molecule has 0 radical (unpaired) electrons. The Balaban J connectivity index is 2.76. The molecule has 0 fully saturated rings. The Bertz CT molecular complexity index is 2020. The van der Waals surface area contributed by atoms with Gasteiger partial charge in [-0.2, -0.15) is 0 Å². The number of nitrogens with one attached hydrogen (secondary N) is 4. The van der Waals surface area contributed by atoms with Gasteiger partial charge < -0.3 is 50.4 Å². The van der Waals surface area contributed by atoms with Crippen LogP contribution in [0.25, 0.3) is 0 Å². The number of nitrogens with zero attached hydrogens (tertiary/aromatic N) is 2. The van der Waals surface area contributed by atoms with Crippen molar-refractivity contribution in [3.05, 3.63) is 58.1 Å². The molecule has 1 heterocycles. The first-order valence-electron chi connectivity index (χ1n) is 24.2. The molecule has 0 unspecified atom stereocenters. The molecule has 0 aromatic heterocycles. The van der Waals surface area contributed by atoms with Crippen molar-refractivity contribution in [3.8, 4) is 0 Å². The van der Waals surface area contributed by atoms with Gasteiger partial charge in [-0.05, 0) is 102 Å². The van der Waals surface area contributed by atoms with Crippen LogP contribution in [0.3, 0.4) is 0 Å². The molecule has 0 bridgehead atoms. The lowest BCUT2D eigenvalue weighted by Gasteiger charge is -2.35. The van der Waals surface area contributed by atoms with Crippen molar-refractivity contribution in [1.82, 2.24) is 31.1 Å². The lowest BCUT2D eigenvalue weighted by Crippen LogP contribution is -2.60. The first-order valence-corrected chi connectivity index (χ1v) is 24.6. The lowest BCUT2D eigenvalue weighted by atomic mass is 9.90. The predicted octanol–water partition coefficient (Wildman–Crippen LogP) is 5.18. The van der Waals surface area contributed by atoms with Gasteiger partial charge in [-0.15, -0.1) is 0 Å². The van der Waals surface area contributed by atoms with E-state index in [4.69, 9.17) is 30.9 Å². The quantitative estimate of drug-likeness (QED) is 0.0744. The van der Waals surface area contributed by atoms with E-state index in [2.05, 4.69) is 21.3 Å². The summed E-state index contributed by atoms with van der Waals surface area (Å²) in [6.07, 6.45) is 1.40. The molecule has 70 heavy (non-hydrogen) atoms. The molecular weight excluding hydrogens is 924 g/mol. The molecule has 1 aromatic rings. The van der Waals surface area contributed by atoms with Gasteiger partial charge in [-0.25, -0.2) is 14.4 Å². The fraction of sp³-hybridized carbons (Fsp3) is 0.647. The van der Waals surface area contributed by atoms with Gasteiger partial charge in [0.05, 0.1) is 6.54 Å². The smallest absolute Gasteiger partial charge is 0.407 e. The second-order valence-electron chi connectivity index (χ2n) is 19.3. The van der Waals surface area contributed by atoms with Crippen LogP contribution >= 0.6 is 11.6 Å². The second-order valence-corrected chi connectivity index (χ2v) is 19.7. The highest BCUT2D eigenvalue weighted by atomic mass is 35.5. The number of ether oxygens (including phenoxy) is 3. The van der Waals surface area contributed by atoms with Gasteiger partial charge in [0.1, 0.15) is 35.9 Å². The maximum atomic E-state index is 14.3. The summed E-state index contributed by atoms with van der Waals surface area (Å²) in [5.74, 6) is -6.40. The van der Waals surface area contributed by atoms with Crippen molar-refractivity contribution in [1.29, 1.82) is 0 Å². The Morgan fingerprint density at radius 2 is 1.61 bits per heavy atom. The number of aliphatic hydroxyl groups is 1. The Morgan fingerprint density at radius 1 is 0.971 bits per heavy atom. The van der Waals surface area contributed by atoms with Crippen LogP contribution in [0, 0.1) is 17.8 Å². The number of hydrogen-bond acceptors (Lipinski definition) is 12. The minimum Gasteiger partial charge on any atom is -0.456 e. The summed E-state index contributed by atoms with van der Waals surface area (Å²) in [7, 11) is 2.80. The molecule has 6 amide bonds. The highest BCUT2D eigenvalue weighted by Crippen LogP contribution is 2.27. The van der Waals surface area contributed by atoms with Gasteiger partial charge in [-0.3, -0.25) is 24.0 Å². The summed E-state index contributed by atoms with van der Waals surface area (Å²) < 4.78 is 17.9. The van der Waals surface area contributed by atoms with E-state index in [9.17, 15) is 38.4 Å². The number of unbranched alkanes of at least 4 members (excludes halogenated alkanes) is 2. The summed E-state index contributed by atoms with van der Waals surface area (Å²) in [6.45, 7) is 18.1. The van der Waals surface area contributed by atoms with Crippen LogP contribution in [0.5, 0.6) is 0 Å². The first-order chi connectivity index (χ1) is 32.8. The first kappa shape index (κ1) is 60.6. The Hall–Kier alpha value is -5.49. The third-order valence-electron chi connectivity index (χ3n) is 12.5. The summed E-state index contributed by atoms with van der Waals surface area (Å²) in [5, 5.41) is 20.5. The van der Waals surface area contributed by atoms with Gasteiger partial charge in [0.15, 0.2) is 6.10 Å². The van der Waals surface area contributed by atoms with Crippen LogP contribution in [0.15, 0.2) is 47.6 Å². The van der Waals surface area contributed by atoms with Gasteiger partial charge in [0.25, 0.3) is 5.91 Å². The number of alkyl carbamates (subject to hydrolysis) is 1. The number of likely N-dealkylation sites (N-methyl/N-ethyl adjacent to an activating group) is 2. The minimum atomic E-state index is -1.66. The summed E-state index contributed by atoms with van der Waals surface area (Å²) in [6, 6.07) is 3.13. The number of carbonyl (C=O) groups is 8. The fourth-order valence-electron chi connectivity index (χ4n) is 7.59. The zero-order valence-corrected chi connectivity index (χ0v) is 44.2. The summed E-state index contributed by atoms with van der Waals surface area (Å²) in [5.41, 5.74) is -0.351. The Morgan fingerprint density at radius 3 is 2.20 bits per heavy atom. The normalized spacial score (nSPS) is 25.7. The van der Waals surface area contributed by atoms with Crippen molar-refractivity contribution in [2.45, 2.75) is 163 Å². The van der Waals surface area contributed by atoms with E-state index in [1.165, 1.54) is 52.8 Å². The maximum absolute atomic E-state index is 14.3. The number of carbonyl (C=O) groups excluding carboxylic acids is 8. The predicted molar refractivity (Wildman–Crippen MR) is 266 cm³/mol. The topological polar surface area (TPSA) is 239 Å². The van der Waals surface area contributed by atoms with Crippen molar-refractivity contribution < 1.29 is 57.7 Å². The van der Waals surface area contributed by atoms with E-state index >= 15 is 0 Å². The number of hydrogen-bond donors (Lipinski definition) is 5. The molecule has 19 heteroatoms. The molecule has 18 nitrogen and oxygen atoms in total. The average Bonchev–Trinajstić information content (AvgIpc) is 3.30. The van der Waals surface area contributed by atoms with Crippen molar-refractivity contribution in [2.75, 3.05) is 33.8 Å². The van der Waals surface area contributed by atoms with Crippen LogP contribution in [0.4, 0.5) is 4.79 Å². The van der Waals surface area contributed by atoms with Gasteiger partial charge in [0, 0.05) is 56.6 Å². The van der Waals surface area contributed by atoms with E-state index < -0.39 is 108 Å². The number of cyclic esters (lactones) is 2. The molecule has 0 spiro atoms. The number of esters is 2. The van der Waals surface area contributed by atoms with E-state index in [-0.39, 0.29) is 43.9 Å². The standard InChI is InChI=1S/C51H79ClN6O12/c1-14-31(5)42-45(62)56-51(10,11)49(66)70-43(32(6)15-2)34(8)39(69-50(67)53-25-17-16-18-26-59)24-19-33(7)48(65)68-40(27-30(3)4)44(61)54-35(9)46(63)58(13)38(28-36-20-22-37(52)23-21-36)47(64)57(12)29-41(60)55-42/h15,19-23,30-31,34-35,38-40,42-43,59H,14,16-18,24-29H2,1-13H3,(H,53,67)(H,54,61)(H,55,60)(H,56,62)/b32-15+,33-19-/t31-,34+,35+,38-,39+,40-,42+,43-/m1/s1. The average molecular weight is 1000 g/mol. The molecule has 0 aliphatic carbocycles. The minimum absolute atomic E-state index is 0.00233. The molecular formula is C51H79ClN6O12. The number of amides is 6. The maximum Gasteiger partial charge on any atom is 0.407 e. The van der Waals surface area contributed by atoms with Crippen LogP contribution < -0.4 is 21.3 Å². The van der Waals surface area contributed by atoms with Crippen molar-refractivity contribution >= 4 is 59.2 Å². The highest BCUT2D eigenvalue weighted by molar-refractivity contribution is 6.30. The highest BCUT2D eigenvalue weighted by Gasteiger charge is 2.41. The van der Waals surface area contributed by atoms with E-state index in [0.717, 1.165) is 4.90 Å². The zero-order valence-electron chi connectivity index (χ0n) is 43.4. The fourth-order valence-corrected chi connectivity index (χ4v) is 7.72. The lowest BCUT2D eigenvalue weighted by molar-refractivity contribution is -0.160. The Labute approximate surface area is 419 Å². The van der Waals surface area contributed by atoms with Gasteiger partial charge in [0.2, 0.25) is 23.6 Å². The molecule has 2 rings (SSSR count). The summed E-state index contributed by atoms with van der Waals surface area (Å²) in [4.78, 5) is 114. The number of allylic oxidation sites excluding steroid dienone is 1. The van der Waals surface area contributed by atoms with Gasteiger partial charge in [-0.1, -0.05) is 76.9 Å². The Kier molecular flexibility index (Phi) is 25.1. The molecule has 8 atom stereocenters. The summed E-state index contributed by atoms with van der Waals surface area (Å²) >= 11 is 6.15. The third-order valence-corrected chi connectivity index (χ3v) is 12.7. The third kappa shape index (κ3) is 19.0. The molecule has 1 aliphatic heterocycles. The number of halogens is 1. The molecule has 1 aromatic carbocycles. The van der Waals surface area contributed by atoms with Crippen molar-refractivity contribution in [2.24, 2.45) is 17.8 Å². The molecule has 1 aliphatic rings. The zero-order chi connectivity index (χ0) is 53.0. The monoisotopic (exact) mass is 1000 g/mol. The van der Waals surface area contributed by atoms with Crippen LogP contribution in [-0.2, 0) is 54.2 Å². The van der Waals surface area contributed by atoms with Crippen LogP contribution in [-0.4, -0.2) is 138 Å². The van der Waals surface area contributed by atoms with Crippen molar-refractivity contribution in [3.63, 3.8) is 0 Å². The molecule has 0 saturated heterocycles. The SMILES string of the molecule is C/C=C(\C)[C@H]1OC(=O)C(C)(C)NC(=O)[C@H]([C@H](C)CC)NC(=O)CN(C)C(=O)[C@@H](Cc2ccc(Cl)cc2)N(C)C(=O)[C@H](C)NC(=O)[C@@H](CC(C)C)OC(=O)/C(C)=C\C[C@H](OC(=O)NCCCCCO)[C@@H]1C. The van der Waals surface area contributed by atoms with E-state index in [1.54, 1.807) is 58.0 Å². The van der Waals surface area contributed by atoms with Crippen LogP contribution in [0.2, 0.25) is 5.02 Å². The largest absolute Gasteiger partial charge is 0.456 e. The van der Waals surface area contributed by atoms with Gasteiger partial charge >= 0.3 is 18.0 Å². The number of aliphatic hydroxyl groups excluding tert-OH is 1. The molecule has 392 valence electrons. The van der Waals surface area contributed by atoms with Crippen LogP contribution in [0.1, 0.15) is 120 Å². The van der Waals surface area contributed by atoms with E-state index in [1.807, 2.05) is 20.8 Å². The molecule has 5 N–H and O–H groups in total. The molecule has 0 saturated carbocycles. The number of benzene rings is 1. The van der Waals surface area contributed by atoms with E-state index in [0.29, 0.717) is 41.8 Å².